The predicted octanol–water partition coefficient (Wildman–Crippen LogP) is 0.498. The van der Waals surface area contributed by atoms with Crippen LogP contribution in [0.3, 0.4) is 0 Å². The number of aliphatic carboxylic acids is 1. The molecule has 0 aliphatic heterocycles. The summed E-state index contributed by atoms with van der Waals surface area (Å²) in [4.78, 5) is 22.3. The molecule has 96 valence electrons. The zero-order valence-corrected chi connectivity index (χ0v) is 9.95. The van der Waals surface area contributed by atoms with Crippen LogP contribution in [0.15, 0.2) is 0 Å². The maximum atomic E-state index is 11.6. The van der Waals surface area contributed by atoms with Gasteiger partial charge in [0, 0.05) is 25.0 Å². The van der Waals surface area contributed by atoms with E-state index in [1.54, 1.807) is 0 Å². The van der Waals surface area contributed by atoms with Gasteiger partial charge in [-0.3, -0.25) is 9.59 Å². The molecule has 0 aromatic heterocycles. The second kappa shape index (κ2) is 5.49. The molecule has 0 spiro atoms. The van der Waals surface area contributed by atoms with E-state index in [1.165, 1.54) is 12.8 Å². The summed E-state index contributed by atoms with van der Waals surface area (Å²) >= 11 is 0. The van der Waals surface area contributed by atoms with Crippen molar-refractivity contribution in [2.75, 3.05) is 6.54 Å². The molecule has 2 rings (SSSR count). The zero-order valence-electron chi connectivity index (χ0n) is 9.95. The van der Waals surface area contributed by atoms with E-state index in [9.17, 15) is 9.59 Å². The van der Waals surface area contributed by atoms with Gasteiger partial charge < -0.3 is 15.7 Å². The van der Waals surface area contributed by atoms with Crippen LogP contribution in [0.5, 0.6) is 0 Å². The van der Waals surface area contributed by atoms with Crippen molar-refractivity contribution < 1.29 is 14.7 Å². The molecule has 1 atom stereocenters. The molecule has 2 aliphatic carbocycles. The number of hydrogen-bond acceptors (Lipinski definition) is 3. The Hall–Kier alpha value is -1.10. The Morgan fingerprint density at radius 2 is 1.94 bits per heavy atom. The third kappa shape index (κ3) is 4.73. The molecule has 1 unspecified atom stereocenters. The minimum atomic E-state index is -0.835. The van der Waals surface area contributed by atoms with Gasteiger partial charge in [0.15, 0.2) is 0 Å². The van der Waals surface area contributed by atoms with Gasteiger partial charge in [-0.1, -0.05) is 0 Å². The molecule has 17 heavy (non-hydrogen) atoms. The normalized spacial score (nSPS) is 20.9. The summed E-state index contributed by atoms with van der Waals surface area (Å²) in [5, 5.41) is 14.9. The van der Waals surface area contributed by atoms with E-state index in [0.29, 0.717) is 24.9 Å². The lowest BCUT2D eigenvalue weighted by atomic mass is 10.1. The number of amides is 1. The fourth-order valence-electron chi connectivity index (χ4n) is 1.98. The number of carbonyl (C=O) groups excluding carboxylic acids is 1. The van der Waals surface area contributed by atoms with E-state index in [2.05, 4.69) is 10.6 Å². The molecule has 2 saturated carbocycles. The van der Waals surface area contributed by atoms with Crippen LogP contribution in [-0.2, 0) is 9.59 Å². The van der Waals surface area contributed by atoms with E-state index in [0.717, 1.165) is 12.8 Å². The van der Waals surface area contributed by atoms with Crippen LogP contribution in [0.4, 0.5) is 0 Å². The average Bonchev–Trinajstić information content (AvgIpc) is 3.11. The van der Waals surface area contributed by atoms with Gasteiger partial charge in [0.2, 0.25) is 5.91 Å². The van der Waals surface area contributed by atoms with Crippen LogP contribution in [0.1, 0.15) is 38.5 Å². The quantitative estimate of drug-likeness (QED) is 0.577. The monoisotopic (exact) mass is 240 g/mol. The van der Waals surface area contributed by atoms with Crippen LogP contribution >= 0.6 is 0 Å². The summed E-state index contributed by atoms with van der Waals surface area (Å²) in [6.07, 6.45) is 5.00. The number of carboxylic acid groups (broad SMARTS) is 1. The number of carboxylic acids is 1. The third-order valence-electron chi connectivity index (χ3n) is 3.29. The Bertz CT molecular complexity index is 298. The van der Waals surface area contributed by atoms with Gasteiger partial charge in [-0.15, -0.1) is 0 Å². The molecule has 0 saturated heterocycles. The first-order valence-corrected chi connectivity index (χ1v) is 6.39. The van der Waals surface area contributed by atoms with E-state index in [1.807, 2.05) is 0 Å². The number of hydrogen-bond donors (Lipinski definition) is 3. The zero-order chi connectivity index (χ0) is 12.3. The van der Waals surface area contributed by atoms with Crippen molar-refractivity contribution >= 4 is 11.9 Å². The lowest BCUT2D eigenvalue weighted by molar-refractivity contribution is -0.137. The van der Waals surface area contributed by atoms with Crippen LogP contribution in [0, 0.1) is 5.92 Å². The Morgan fingerprint density at radius 1 is 1.24 bits per heavy atom. The third-order valence-corrected chi connectivity index (χ3v) is 3.29. The van der Waals surface area contributed by atoms with Gasteiger partial charge in [0.05, 0.1) is 6.42 Å². The van der Waals surface area contributed by atoms with Crippen molar-refractivity contribution in [2.24, 2.45) is 5.92 Å². The van der Waals surface area contributed by atoms with Gasteiger partial charge in [0.25, 0.3) is 0 Å². The standard InChI is InChI=1S/C12H20N2O3/c15-11(5-6-13-9-3-4-9)14-10(7-12(16)17)8-1-2-8/h8-10,13H,1-7H2,(H,14,15)(H,16,17). The van der Waals surface area contributed by atoms with Crippen molar-refractivity contribution in [2.45, 2.75) is 50.6 Å². The molecule has 2 fully saturated rings. The Balaban J connectivity index is 1.64. The highest BCUT2D eigenvalue weighted by atomic mass is 16.4. The molecular weight excluding hydrogens is 220 g/mol. The fourth-order valence-corrected chi connectivity index (χ4v) is 1.98. The molecule has 5 nitrogen and oxygen atoms in total. The van der Waals surface area contributed by atoms with Crippen LogP contribution in [0.2, 0.25) is 0 Å². The van der Waals surface area contributed by atoms with Gasteiger partial charge in [-0.05, 0) is 31.6 Å². The first-order chi connectivity index (χ1) is 8.15. The minimum absolute atomic E-state index is 0.0312. The molecule has 3 N–H and O–H groups in total. The second-order valence-corrected chi connectivity index (χ2v) is 5.09. The van der Waals surface area contributed by atoms with E-state index in [4.69, 9.17) is 5.11 Å². The molecule has 1 amide bonds. The Kier molecular flexibility index (Phi) is 3.99. The van der Waals surface area contributed by atoms with Crippen molar-refractivity contribution in [3.63, 3.8) is 0 Å². The van der Waals surface area contributed by atoms with Gasteiger partial charge in [-0.25, -0.2) is 0 Å². The Labute approximate surface area is 101 Å². The molecule has 0 aromatic carbocycles. The van der Waals surface area contributed by atoms with Gasteiger partial charge in [-0.2, -0.15) is 0 Å². The molecule has 0 bridgehead atoms. The van der Waals surface area contributed by atoms with E-state index < -0.39 is 5.97 Å². The Morgan fingerprint density at radius 3 is 2.47 bits per heavy atom. The lowest BCUT2D eigenvalue weighted by Gasteiger charge is -2.16. The highest BCUT2D eigenvalue weighted by molar-refractivity contribution is 5.77. The molecule has 0 radical (unpaired) electrons. The average molecular weight is 240 g/mol. The topological polar surface area (TPSA) is 78.4 Å². The van der Waals surface area contributed by atoms with Crippen LogP contribution in [-0.4, -0.2) is 35.6 Å². The van der Waals surface area contributed by atoms with Crippen molar-refractivity contribution in [1.82, 2.24) is 10.6 Å². The molecular formula is C12H20N2O3. The van der Waals surface area contributed by atoms with Crippen LogP contribution in [0.25, 0.3) is 0 Å². The van der Waals surface area contributed by atoms with Gasteiger partial charge >= 0.3 is 5.97 Å². The number of rotatable bonds is 8. The summed E-state index contributed by atoms with van der Waals surface area (Å²) in [5.41, 5.74) is 0. The molecule has 0 heterocycles. The fraction of sp³-hybridized carbons (Fsp3) is 0.833. The maximum Gasteiger partial charge on any atom is 0.305 e. The minimum Gasteiger partial charge on any atom is -0.481 e. The number of nitrogens with one attached hydrogen (secondary N) is 2. The lowest BCUT2D eigenvalue weighted by Crippen LogP contribution is -2.39. The number of carbonyl (C=O) groups is 2. The van der Waals surface area contributed by atoms with Crippen LogP contribution < -0.4 is 10.6 Å². The van der Waals surface area contributed by atoms with E-state index in [-0.39, 0.29) is 18.4 Å². The smallest absolute Gasteiger partial charge is 0.305 e. The van der Waals surface area contributed by atoms with Crippen molar-refractivity contribution in [3.8, 4) is 0 Å². The molecule has 2 aliphatic rings. The summed E-state index contributed by atoms with van der Waals surface area (Å²) < 4.78 is 0. The summed E-state index contributed by atoms with van der Waals surface area (Å²) in [5.74, 6) is -0.485. The second-order valence-electron chi connectivity index (χ2n) is 5.09. The highest BCUT2D eigenvalue weighted by Gasteiger charge is 2.33. The van der Waals surface area contributed by atoms with Crippen molar-refractivity contribution in [1.29, 1.82) is 0 Å². The summed E-state index contributed by atoms with van der Waals surface area (Å²) in [6, 6.07) is 0.446. The maximum absolute atomic E-state index is 11.6. The van der Waals surface area contributed by atoms with Gasteiger partial charge in [0.1, 0.15) is 0 Å². The largest absolute Gasteiger partial charge is 0.481 e. The summed E-state index contributed by atoms with van der Waals surface area (Å²) in [6.45, 7) is 0.695. The summed E-state index contributed by atoms with van der Waals surface area (Å²) in [7, 11) is 0. The van der Waals surface area contributed by atoms with E-state index >= 15 is 0 Å². The molecule has 0 aromatic rings. The first-order valence-electron chi connectivity index (χ1n) is 6.39. The highest BCUT2D eigenvalue weighted by Crippen LogP contribution is 2.34. The van der Waals surface area contributed by atoms with Crippen molar-refractivity contribution in [3.05, 3.63) is 0 Å². The first kappa shape index (κ1) is 12.4. The SMILES string of the molecule is O=C(O)CC(NC(=O)CCNC1CC1)C1CC1. The molecule has 5 heteroatoms. The predicted molar refractivity (Wildman–Crippen MR) is 62.5 cm³/mol.